The van der Waals surface area contributed by atoms with E-state index in [9.17, 15) is 9.70 Å². The van der Waals surface area contributed by atoms with Gasteiger partial charge in [0.25, 0.3) is 0 Å². The Balaban J connectivity index is 2.04. The van der Waals surface area contributed by atoms with Crippen molar-refractivity contribution in [2.45, 2.75) is 52.0 Å². The maximum absolute atomic E-state index is 11.5. The molecule has 5 nitrogen and oxygen atoms in total. The molecule has 5 heteroatoms. The van der Waals surface area contributed by atoms with Crippen LogP contribution in [-0.4, -0.2) is 36.5 Å². The minimum Gasteiger partial charge on any atom is -0.324 e. The van der Waals surface area contributed by atoms with Crippen molar-refractivity contribution in [1.82, 2.24) is 4.90 Å². The first-order valence-corrected chi connectivity index (χ1v) is 8.62. The fraction of sp³-hybridized carbons (Fsp3) is 0.611. The van der Waals surface area contributed by atoms with Crippen molar-refractivity contribution < 1.29 is 4.79 Å². The van der Waals surface area contributed by atoms with E-state index in [1.54, 1.807) is 0 Å². The smallest absolute Gasteiger partial charge is 0.249 e. The third-order valence-corrected chi connectivity index (χ3v) is 4.44. The van der Waals surface area contributed by atoms with Gasteiger partial charge in [-0.1, -0.05) is 25.1 Å². The SMILES string of the molecule is CCCN(CCC)C1CCc2cc(NC(=O)CN=O)ccc2C1. The summed E-state index contributed by atoms with van der Waals surface area (Å²) in [6.07, 6.45) is 5.68. The Bertz CT molecular complexity index is 539. The molecule has 23 heavy (non-hydrogen) atoms. The van der Waals surface area contributed by atoms with Crippen molar-refractivity contribution in [2.24, 2.45) is 5.18 Å². The number of anilines is 1. The molecule has 0 bridgehead atoms. The highest BCUT2D eigenvalue weighted by Gasteiger charge is 2.23. The number of hydrogen-bond donors (Lipinski definition) is 1. The number of nitrogens with one attached hydrogen (secondary N) is 1. The molecule has 0 spiro atoms. The van der Waals surface area contributed by atoms with E-state index in [1.807, 2.05) is 12.1 Å². The highest BCUT2D eigenvalue weighted by molar-refractivity contribution is 5.92. The van der Waals surface area contributed by atoms with E-state index in [0.29, 0.717) is 6.04 Å². The minimum absolute atomic E-state index is 0.331. The Kier molecular flexibility index (Phi) is 6.71. The van der Waals surface area contributed by atoms with Gasteiger partial charge in [-0.3, -0.25) is 4.79 Å². The first kappa shape index (κ1) is 17.6. The summed E-state index contributed by atoms with van der Waals surface area (Å²) < 4.78 is 0. The Labute approximate surface area is 138 Å². The molecule has 126 valence electrons. The third kappa shape index (κ3) is 4.86. The van der Waals surface area contributed by atoms with Crippen LogP contribution in [0.5, 0.6) is 0 Å². The molecule has 1 aromatic rings. The van der Waals surface area contributed by atoms with Crippen LogP contribution in [0.25, 0.3) is 0 Å². The van der Waals surface area contributed by atoms with Gasteiger partial charge < -0.3 is 10.2 Å². The molecule has 0 fully saturated rings. The number of fused-ring (bicyclic) bond motifs is 1. The monoisotopic (exact) mass is 317 g/mol. The van der Waals surface area contributed by atoms with Gasteiger partial charge in [0.1, 0.15) is 0 Å². The number of nitroso groups, excluding NO2 is 1. The first-order chi connectivity index (χ1) is 11.2. The van der Waals surface area contributed by atoms with Crippen LogP contribution in [0.15, 0.2) is 23.4 Å². The molecular formula is C18H27N3O2. The number of carbonyl (C=O) groups is 1. The number of nitrogens with zero attached hydrogens (tertiary/aromatic N) is 2. The van der Waals surface area contributed by atoms with Crippen LogP contribution < -0.4 is 5.32 Å². The maximum Gasteiger partial charge on any atom is 0.249 e. The number of hydrogen-bond acceptors (Lipinski definition) is 4. The van der Waals surface area contributed by atoms with Gasteiger partial charge in [-0.15, -0.1) is 0 Å². The van der Waals surface area contributed by atoms with Crippen molar-refractivity contribution in [1.29, 1.82) is 0 Å². The van der Waals surface area contributed by atoms with Gasteiger partial charge in [-0.25, -0.2) is 0 Å². The van der Waals surface area contributed by atoms with Crippen molar-refractivity contribution >= 4 is 11.6 Å². The quantitative estimate of drug-likeness (QED) is 0.748. The Morgan fingerprint density at radius 3 is 2.65 bits per heavy atom. The molecular weight excluding hydrogens is 290 g/mol. The van der Waals surface area contributed by atoms with Gasteiger partial charge >= 0.3 is 0 Å². The van der Waals surface area contributed by atoms with Crippen LogP contribution >= 0.6 is 0 Å². The van der Waals surface area contributed by atoms with E-state index in [1.165, 1.54) is 43.5 Å². The molecule has 1 aliphatic carbocycles. The lowest BCUT2D eigenvalue weighted by molar-refractivity contribution is -0.114. The largest absolute Gasteiger partial charge is 0.324 e. The number of carbonyl (C=O) groups excluding carboxylic acids is 1. The van der Waals surface area contributed by atoms with Crippen molar-refractivity contribution in [3.8, 4) is 0 Å². The van der Waals surface area contributed by atoms with Crippen LogP contribution in [0.2, 0.25) is 0 Å². The Morgan fingerprint density at radius 1 is 1.26 bits per heavy atom. The molecule has 1 aromatic carbocycles. The number of amides is 1. The van der Waals surface area contributed by atoms with Crippen molar-refractivity contribution in [3.05, 3.63) is 34.2 Å². The number of aryl methyl sites for hydroxylation is 1. The molecule has 2 rings (SSSR count). The molecule has 0 saturated carbocycles. The highest BCUT2D eigenvalue weighted by atomic mass is 16.3. The Morgan fingerprint density at radius 2 is 2.00 bits per heavy atom. The molecule has 0 saturated heterocycles. The average Bonchev–Trinajstić information content (AvgIpc) is 2.54. The zero-order chi connectivity index (χ0) is 16.7. The normalized spacial score (nSPS) is 16.9. The molecule has 1 atom stereocenters. The van der Waals surface area contributed by atoms with E-state index >= 15 is 0 Å². The Hall–Kier alpha value is -1.75. The van der Waals surface area contributed by atoms with E-state index in [4.69, 9.17) is 0 Å². The van der Waals surface area contributed by atoms with Crippen LogP contribution in [0, 0.1) is 4.91 Å². The van der Waals surface area contributed by atoms with Crippen LogP contribution in [-0.2, 0) is 17.6 Å². The van der Waals surface area contributed by atoms with Gasteiger partial charge in [0, 0.05) is 11.7 Å². The summed E-state index contributed by atoms with van der Waals surface area (Å²) in [6.45, 7) is 6.48. The fourth-order valence-electron chi connectivity index (χ4n) is 3.44. The standard InChI is InChI=1S/C18H27N3O2/c1-3-9-21(10-4-2)17-8-6-14-11-16(7-5-15(14)12-17)20-18(22)13-19-23/h5,7,11,17H,3-4,6,8-10,12-13H2,1-2H3,(H,20,22). The molecule has 0 heterocycles. The summed E-state index contributed by atoms with van der Waals surface area (Å²) in [7, 11) is 0. The fourth-order valence-corrected chi connectivity index (χ4v) is 3.44. The average molecular weight is 317 g/mol. The zero-order valence-electron chi connectivity index (χ0n) is 14.2. The summed E-state index contributed by atoms with van der Waals surface area (Å²) in [5.74, 6) is -0.356. The van der Waals surface area contributed by atoms with Gasteiger partial charge in [0.15, 0.2) is 6.54 Å². The molecule has 1 unspecified atom stereocenters. The highest BCUT2D eigenvalue weighted by Crippen LogP contribution is 2.27. The van der Waals surface area contributed by atoms with Crippen LogP contribution in [0.1, 0.15) is 44.2 Å². The summed E-state index contributed by atoms with van der Waals surface area (Å²) in [6, 6.07) is 6.70. The van der Waals surface area contributed by atoms with Gasteiger partial charge in [0.05, 0.1) is 0 Å². The van der Waals surface area contributed by atoms with E-state index in [2.05, 4.69) is 35.3 Å². The summed E-state index contributed by atoms with van der Waals surface area (Å²) in [5.41, 5.74) is 3.45. The minimum atomic E-state index is -0.356. The molecule has 1 aliphatic rings. The summed E-state index contributed by atoms with van der Waals surface area (Å²) >= 11 is 0. The van der Waals surface area contributed by atoms with Crippen molar-refractivity contribution in [2.75, 3.05) is 25.0 Å². The molecule has 0 radical (unpaired) electrons. The maximum atomic E-state index is 11.5. The molecule has 0 aromatic heterocycles. The van der Waals surface area contributed by atoms with E-state index < -0.39 is 0 Å². The zero-order valence-corrected chi connectivity index (χ0v) is 14.2. The predicted molar refractivity (Wildman–Crippen MR) is 93.7 cm³/mol. The summed E-state index contributed by atoms with van der Waals surface area (Å²) in [5, 5.41) is 5.34. The lowest BCUT2D eigenvalue weighted by Gasteiger charge is -2.35. The second-order valence-corrected chi connectivity index (χ2v) is 6.25. The second kappa shape index (κ2) is 8.77. The second-order valence-electron chi connectivity index (χ2n) is 6.25. The molecule has 0 aliphatic heterocycles. The third-order valence-electron chi connectivity index (χ3n) is 4.44. The summed E-state index contributed by atoms with van der Waals surface area (Å²) in [4.78, 5) is 24.2. The molecule has 1 amide bonds. The lowest BCUT2D eigenvalue weighted by Crippen LogP contribution is -2.40. The topological polar surface area (TPSA) is 61.8 Å². The van der Waals surface area contributed by atoms with Gasteiger partial charge in [-0.2, -0.15) is 4.91 Å². The number of rotatable bonds is 8. The lowest BCUT2D eigenvalue weighted by atomic mass is 9.87. The number of benzene rings is 1. The van der Waals surface area contributed by atoms with Crippen LogP contribution in [0.4, 0.5) is 5.69 Å². The van der Waals surface area contributed by atoms with Gasteiger partial charge in [0.2, 0.25) is 5.91 Å². The van der Waals surface area contributed by atoms with Crippen molar-refractivity contribution in [3.63, 3.8) is 0 Å². The van der Waals surface area contributed by atoms with E-state index in [-0.39, 0.29) is 12.5 Å². The predicted octanol–water partition coefficient (Wildman–Crippen LogP) is 3.37. The first-order valence-electron chi connectivity index (χ1n) is 8.62. The van der Waals surface area contributed by atoms with E-state index in [0.717, 1.165) is 18.5 Å². The van der Waals surface area contributed by atoms with Gasteiger partial charge in [-0.05, 0) is 68.5 Å². The van der Waals surface area contributed by atoms with Crippen LogP contribution in [0.3, 0.4) is 0 Å². The molecule has 1 N–H and O–H groups in total.